The highest BCUT2D eigenvalue weighted by atomic mass is 32.2. The van der Waals surface area contributed by atoms with Crippen LogP contribution >= 0.6 is 23.1 Å². The minimum atomic E-state index is 0.499. The second-order valence-corrected chi connectivity index (χ2v) is 7.19. The summed E-state index contributed by atoms with van der Waals surface area (Å²) >= 11 is 3.78. The molecule has 3 heteroatoms. The van der Waals surface area contributed by atoms with Gasteiger partial charge < -0.3 is 5.32 Å². The molecular weight excluding hydrogens is 270 g/mol. The van der Waals surface area contributed by atoms with Crippen molar-refractivity contribution in [3.05, 3.63) is 46.7 Å². The van der Waals surface area contributed by atoms with Gasteiger partial charge in [0.2, 0.25) is 0 Å². The normalized spacial score (nSPS) is 16.3. The van der Waals surface area contributed by atoms with Crippen LogP contribution in [0.3, 0.4) is 0 Å². The maximum absolute atomic E-state index is 3.79. The van der Waals surface area contributed by atoms with Gasteiger partial charge in [-0.2, -0.15) is 0 Å². The lowest BCUT2D eigenvalue weighted by atomic mass is 10.1. The van der Waals surface area contributed by atoms with Crippen molar-refractivity contribution >= 4 is 28.8 Å². The molecule has 19 heavy (non-hydrogen) atoms. The fourth-order valence-electron chi connectivity index (χ4n) is 2.35. The number of rotatable bonds is 6. The van der Waals surface area contributed by atoms with Crippen molar-refractivity contribution in [3.8, 4) is 0 Å². The first-order chi connectivity index (χ1) is 9.38. The van der Waals surface area contributed by atoms with Gasteiger partial charge in [0.05, 0.1) is 6.04 Å². The van der Waals surface area contributed by atoms with Crippen LogP contribution < -0.4 is 5.32 Å². The van der Waals surface area contributed by atoms with E-state index >= 15 is 0 Å². The van der Waals surface area contributed by atoms with E-state index in [2.05, 4.69) is 54.0 Å². The standard InChI is InChI=1S/C16H19NS2/c1-2-18-14-7-4-3-6-13(14)17-16(12-9-10-12)15-8-5-11-19-15/h3-8,11-12,16-17H,2,9-10H2,1H3. The van der Waals surface area contributed by atoms with Crippen molar-refractivity contribution in [2.75, 3.05) is 11.1 Å². The smallest absolute Gasteiger partial charge is 0.0635 e. The van der Waals surface area contributed by atoms with Gasteiger partial charge in [-0.1, -0.05) is 25.1 Å². The van der Waals surface area contributed by atoms with Crippen molar-refractivity contribution in [2.24, 2.45) is 5.92 Å². The monoisotopic (exact) mass is 289 g/mol. The second-order valence-electron chi connectivity index (χ2n) is 4.90. The van der Waals surface area contributed by atoms with E-state index < -0.39 is 0 Å². The maximum Gasteiger partial charge on any atom is 0.0635 e. The van der Waals surface area contributed by atoms with E-state index in [1.54, 1.807) is 0 Å². The number of thiophene rings is 1. The van der Waals surface area contributed by atoms with Gasteiger partial charge in [0.15, 0.2) is 0 Å². The summed E-state index contributed by atoms with van der Waals surface area (Å²) < 4.78 is 0. The van der Waals surface area contributed by atoms with Crippen molar-refractivity contribution in [2.45, 2.75) is 30.7 Å². The summed E-state index contributed by atoms with van der Waals surface area (Å²) in [6.07, 6.45) is 2.72. The van der Waals surface area contributed by atoms with Crippen molar-refractivity contribution < 1.29 is 0 Å². The van der Waals surface area contributed by atoms with E-state index in [1.165, 1.54) is 28.3 Å². The third-order valence-corrected chi connectivity index (χ3v) is 5.35. The van der Waals surface area contributed by atoms with Crippen LogP contribution in [-0.2, 0) is 0 Å². The number of anilines is 1. The number of hydrogen-bond acceptors (Lipinski definition) is 3. The van der Waals surface area contributed by atoms with Gasteiger partial charge in [-0.15, -0.1) is 23.1 Å². The number of benzene rings is 1. The second kappa shape index (κ2) is 6.02. The Balaban J connectivity index is 1.82. The Morgan fingerprint density at radius 2 is 2.11 bits per heavy atom. The molecule has 0 spiro atoms. The Labute approximate surface area is 123 Å². The molecule has 1 aliphatic rings. The molecule has 1 nitrogen and oxygen atoms in total. The molecule has 1 N–H and O–H groups in total. The summed E-state index contributed by atoms with van der Waals surface area (Å²) in [7, 11) is 0. The van der Waals surface area contributed by atoms with Crippen molar-refractivity contribution in [3.63, 3.8) is 0 Å². The highest BCUT2D eigenvalue weighted by molar-refractivity contribution is 7.99. The lowest BCUT2D eigenvalue weighted by Crippen LogP contribution is -2.12. The molecule has 1 aliphatic carbocycles. The van der Waals surface area contributed by atoms with E-state index in [4.69, 9.17) is 0 Å². The highest BCUT2D eigenvalue weighted by Gasteiger charge is 2.33. The molecule has 0 saturated heterocycles. The van der Waals surface area contributed by atoms with E-state index in [-0.39, 0.29) is 0 Å². The fraction of sp³-hybridized carbons (Fsp3) is 0.375. The molecule has 2 aromatic rings. The topological polar surface area (TPSA) is 12.0 Å². The minimum absolute atomic E-state index is 0.499. The van der Waals surface area contributed by atoms with Crippen LogP contribution in [0.5, 0.6) is 0 Å². The summed E-state index contributed by atoms with van der Waals surface area (Å²) in [6.45, 7) is 2.21. The van der Waals surface area contributed by atoms with Gasteiger partial charge in [0.1, 0.15) is 0 Å². The van der Waals surface area contributed by atoms with Crippen LogP contribution in [0.2, 0.25) is 0 Å². The van der Waals surface area contributed by atoms with Crippen molar-refractivity contribution in [1.82, 2.24) is 0 Å². The summed E-state index contributed by atoms with van der Waals surface area (Å²) in [5.74, 6) is 1.93. The molecule has 0 bridgehead atoms. The number of thioether (sulfide) groups is 1. The number of hydrogen-bond donors (Lipinski definition) is 1. The van der Waals surface area contributed by atoms with Gasteiger partial charge in [0.25, 0.3) is 0 Å². The Morgan fingerprint density at radius 3 is 2.79 bits per heavy atom. The van der Waals surface area contributed by atoms with E-state index in [0.717, 1.165) is 11.7 Å². The first-order valence-corrected chi connectivity index (χ1v) is 8.76. The first kappa shape index (κ1) is 13.1. The lowest BCUT2D eigenvalue weighted by molar-refractivity contribution is 0.689. The Kier molecular flexibility index (Phi) is 4.14. The Bertz CT molecular complexity index is 517. The van der Waals surface area contributed by atoms with E-state index in [9.17, 15) is 0 Å². The SMILES string of the molecule is CCSc1ccccc1NC(c1cccs1)C1CC1. The predicted octanol–water partition coefficient (Wildman–Crippen LogP) is 5.42. The highest BCUT2D eigenvalue weighted by Crippen LogP contribution is 2.45. The van der Waals surface area contributed by atoms with Gasteiger partial charge in [-0.3, -0.25) is 0 Å². The fourth-order valence-corrected chi connectivity index (χ4v) is 3.99. The molecule has 1 saturated carbocycles. The molecule has 1 unspecified atom stereocenters. The van der Waals surface area contributed by atoms with Gasteiger partial charge >= 0.3 is 0 Å². The third kappa shape index (κ3) is 3.15. The Morgan fingerprint density at radius 1 is 1.26 bits per heavy atom. The summed E-state index contributed by atoms with van der Waals surface area (Å²) in [5, 5.41) is 5.97. The van der Waals surface area contributed by atoms with Crippen LogP contribution in [0.4, 0.5) is 5.69 Å². The largest absolute Gasteiger partial charge is 0.376 e. The quantitative estimate of drug-likeness (QED) is 0.712. The summed E-state index contributed by atoms with van der Waals surface area (Å²) in [5.41, 5.74) is 1.29. The molecule has 1 fully saturated rings. The molecule has 0 aliphatic heterocycles. The minimum Gasteiger partial charge on any atom is -0.376 e. The summed E-state index contributed by atoms with van der Waals surface area (Å²) in [4.78, 5) is 2.84. The van der Waals surface area contributed by atoms with Gasteiger partial charge in [-0.25, -0.2) is 0 Å². The first-order valence-electron chi connectivity index (χ1n) is 6.90. The van der Waals surface area contributed by atoms with E-state index in [1.807, 2.05) is 23.1 Å². The van der Waals surface area contributed by atoms with Crippen LogP contribution in [0, 0.1) is 5.92 Å². The van der Waals surface area contributed by atoms with Crippen LogP contribution in [-0.4, -0.2) is 5.75 Å². The third-order valence-electron chi connectivity index (χ3n) is 3.44. The maximum atomic E-state index is 3.79. The van der Waals surface area contributed by atoms with Gasteiger partial charge in [-0.05, 0) is 48.1 Å². The number of para-hydroxylation sites is 1. The zero-order chi connectivity index (χ0) is 13.1. The average molecular weight is 289 g/mol. The van der Waals surface area contributed by atoms with Crippen LogP contribution in [0.15, 0.2) is 46.7 Å². The zero-order valence-electron chi connectivity index (χ0n) is 11.1. The number of nitrogens with one attached hydrogen (secondary N) is 1. The zero-order valence-corrected chi connectivity index (χ0v) is 12.8. The Hall–Kier alpha value is -0.930. The molecule has 1 atom stereocenters. The average Bonchev–Trinajstić information content (AvgIpc) is 3.12. The molecular formula is C16H19NS2. The molecule has 3 rings (SSSR count). The molecule has 0 amide bonds. The molecule has 1 heterocycles. The van der Waals surface area contributed by atoms with Gasteiger partial charge in [0, 0.05) is 15.5 Å². The van der Waals surface area contributed by atoms with Crippen LogP contribution in [0.25, 0.3) is 0 Å². The molecule has 1 aromatic heterocycles. The lowest BCUT2D eigenvalue weighted by Gasteiger charge is -2.20. The van der Waals surface area contributed by atoms with E-state index in [0.29, 0.717) is 6.04 Å². The molecule has 0 radical (unpaired) electrons. The van der Waals surface area contributed by atoms with Crippen molar-refractivity contribution in [1.29, 1.82) is 0 Å². The van der Waals surface area contributed by atoms with Crippen LogP contribution in [0.1, 0.15) is 30.7 Å². The summed E-state index contributed by atoms with van der Waals surface area (Å²) in [6, 6.07) is 13.6. The molecule has 1 aromatic carbocycles. The predicted molar refractivity (Wildman–Crippen MR) is 86.2 cm³/mol. The molecule has 100 valence electrons.